The Kier molecular flexibility index (Phi) is 13.7. The first-order chi connectivity index (χ1) is 17.7. The number of carbonyl (C=O) groups is 1. The van der Waals surface area contributed by atoms with Crippen LogP contribution in [0.3, 0.4) is 0 Å². The van der Waals surface area contributed by atoms with Crippen LogP contribution in [0.15, 0.2) is 30.3 Å². The van der Waals surface area contributed by atoms with E-state index in [0.717, 1.165) is 57.8 Å². The zero-order valence-corrected chi connectivity index (χ0v) is 22.9. The fourth-order valence-corrected chi connectivity index (χ4v) is 5.86. The van der Waals surface area contributed by atoms with Gasteiger partial charge in [0.25, 0.3) is 0 Å². The summed E-state index contributed by atoms with van der Waals surface area (Å²) in [5, 5.41) is 7.04. The lowest BCUT2D eigenvalue weighted by molar-refractivity contribution is -0.0168. The second-order valence-corrected chi connectivity index (χ2v) is 10.8. The topological polar surface area (TPSA) is 62.8 Å². The number of amides is 2. The van der Waals surface area contributed by atoms with Gasteiger partial charge in [-0.2, -0.15) is 0 Å². The lowest BCUT2D eigenvalue weighted by Crippen LogP contribution is -2.52. The molecule has 0 bridgehead atoms. The average molecular weight is 502 g/mol. The minimum atomic E-state index is 0.00685. The second kappa shape index (κ2) is 17.0. The van der Waals surface area contributed by atoms with Crippen molar-refractivity contribution in [3.63, 3.8) is 0 Å². The van der Waals surface area contributed by atoms with Crippen molar-refractivity contribution in [2.75, 3.05) is 46.5 Å². The molecule has 1 saturated carbocycles. The van der Waals surface area contributed by atoms with Crippen LogP contribution in [0.4, 0.5) is 4.79 Å². The van der Waals surface area contributed by atoms with Crippen LogP contribution >= 0.6 is 0 Å². The Labute approximate surface area is 219 Å². The number of nitrogens with one attached hydrogen (secondary N) is 2. The minimum Gasteiger partial charge on any atom is -0.385 e. The van der Waals surface area contributed by atoms with E-state index >= 15 is 0 Å². The number of likely N-dealkylation sites (tertiary alicyclic amines) is 1. The lowest BCUT2D eigenvalue weighted by atomic mass is 9.84. The standard InChI is InChI=1S/C30H51N3O3/c1-3-4-18-31-23-28(22-25-13-7-5-8-14-25)32-30(34)33-19-11-17-27(24-33)29(36-21-12-20-35-2)26-15-9-6-10-16-26/h6,9-10,15-16,25,27-29,31H,3-5,7-8,11-14,17-24H2,1-2H3,(H,32,34)/t27-,28+,29?/m1/s1. The molecule has 6 heteroatoms. The molecule has 1 heterocycles. The Bertz CT molecular complexity index is 711. The largest absolute Gasteiger partial charge is 0.385 e. The van der Waals surface area contributed by atoms with E-state index < -0.39 is 0 Å². The number of unbranched alkanes of at least 4 members (excludes halogenated alkanes) is 1. The molecule has 2 amide bonds. The first-order valence-electron chi connectivity index (χ1n) is 14.6. The van der Waals surface area contributed by atoms with Crippen LogP contribution in [-0.2, 0) is 9.47 Å². The SMILES string of the molecule is CCCCNC[C@H](CC1CCCCC1)NC(=O)N1CCC[C@@H](C(OCCCOC)c2ccccc2)C1. The Hall–Kier alpha value is -1.63. The Morgan fingerprint density at radius 1 is 1.06 bits per heavy atom. The number of benzene rings is 1. The number of urea groups is 1. The van der Waals surface area contributed by atoms with Crippen LogP contribution in [0.25, 0.3) is 0 Å². The van der Waals surface area contributed by atoms with Crippen molar-refractivity contribution in [2.45, 2.75) is 89.7 Å². The first kappa shape index (κ1) is 28.9. The molecule has 1 aromatic rings. The number of nitrogens with zero attached hydrogens (tertiary/aromatic N) is 1. The van der Waals surface area contributed by atoms with E-state index in [0.29, 0.717) is 19.1 Å². The molecule has 3 rings (SSSR count). The molecule has 36 heavy (non-hydrogen) atoms. The van der Waals surface area contributed by atoms with Crippen molar-refractivity contribution in [3.05, 3.63) is 35.9 Å². The highest BCUT2D eigenvalue weighted by atomic mass is 16.5. The number of carbonyl (C=O) groups excluding carboxylic acids is 1. The molecule has 1 aliphatic heterocycles. The smallest absolute Gasteiger partial charge is 0.317 e. The first-order valence-corrected chi connectivity index (χ1v) is 14.6. The van der Waals surface area contributed by atoms with E-state index in [1.165, 1.54) is 50.5 Å². The second-order valence-electron chi connectivity index (χ2n) is 10.8. The predicted molar refractivity (Wildman–Crippen MR) is 147 cm³/mol. The van der Waals surface area contributed by atoms with Gasteiger partial charge in [0.1, 0.15) is 0 Å². The molecular weight excluding hydrogens is 450 g/mol. The number of rotatable bonds is 15. The van der Waals surface area contributed by atoms with E-state index in [1.807, 2.05) is 11.0 Å². The molecule has 2 aliphatic rings. The van der Waals surface area contributed by atoms with E-state index in [9.17, 15) is 4.79 Å². The Balaban J connectivity index is 1.59. The van der Waals surface area contributed by atoms with E-state index in [1.54, 1.807) is 7.11 Å². The fourth-order valence-electron chi connectivity index (χ4n) is 5.86. The maximum absolute atomic E-state index is 13.5. The number of ether oxygens (including phenoxy) is 2. The molecule has 1 aliphatic carbocycles. The van der Waals surface area contributed by atoms with Crippen molar-refractivity contribution in [1.29, 1.82) is 0 Å². The van der Waals surface area contributed by atoms with Gasteiger partial charge in [0.05, 0.1) is 6.10 Å². The van der Waals surface area contributed by atoms with Gasteiger partial charge in [0, 0.05) is 51.9 Å². The van der Waals surface area contributed by atoms with Crippen LogP contribution in [0.1, 0.15) is 89.2 Å². The zero-order valence-electron chi connectivity index (χ0n) is 22.9. The van der Waals surface area contributed by atoms with Gasteiger partial charge < -0.3 is 25.0 Å². The molecule has 1 unspecified atom stereocenters. The van der Waals surface area contributed by atoms with Crippen LogP contribution < -0.4 is 10.6 Å². The highest BCUT2D eigenvalue weighted by molar-refractivity contribution is 5.74. The molecule has 3 atom stereocenters. The lowest BCUT2D eigenvalue weighted by Gasteiger charge is -2.38. The quantitative estimate of drug-likeness (QED) is 0.292. The van der Waals surface area contributed by atoms with Gasteiger partial charge in [-0.3, -0.25) is 0 Å². The highest BCUT2D eigenvalue weighted by Gasteiger charge is 2.32. The summed E-state index contributed by atoms with van der Waals surface area (Å²) in [5.41, 5.74) is 1.21. The monoisotopic (exact) mass is 501 g/mol. The van der Waals surface area contributed by atoms with E-state index in [-0.39, 0.29) is 18.2 Å². The Morgan fingerprint density at radius 3 is 2.61 bits per heavy atom. The number of piperidine rings is 1. The normalized spacial score (nSPS) is 20.7. The molecule has 0 aromatic heterocycles. The summed E-state index contributed by atoms with van der Waals surface area (Å²) in [6, 6.07) is 10.8. The van der Waals surface area contributed by atoms with Crippen molar-refractivity contribution in [1.82, 2.24) is 15.5 Å². The van der Waals surface area contributed by atoms with Gasteiger partial charge >= 0.3 is 6.03 Å². The third-order valence-electron chi connectivity index (χ3n) is 7.86. The number of hydrogen-bond donors (Lipinski definition) is 2. The summed E-state index contributed by atoms with van der Waals surface area (Å²) in [6.45, 7) is 7.06. The molecule has 0 radical (unpaired) electrons. The summed E-state index contributed by atoms with van der Waals surface area (Å²) >= 11 is 0. The summed E-state index contributed by atoms with van der Waals surface area (Å²) < 4.78 is 11.6. The Morgan fingerprint density at radius 2 is 1.86 bits per heavy atom. The van der Waals surface area contributed by atoms with Gasteiger partial charge in [-0.1, -0.05) is 75.8 Å². The molecule has 2 fully saturated rings. The molecule has 1 aromatic carbocycles. The van der Waals surface area contributed by atoms with E-state index in [2.05, 4.69) is 41.8 Å². The predicted octanol–water partition coefficient (Wildman–Crippen LogP) is 5.93. The van der Waals surface area contributed by atoms with Gasteiger partial charge in [0.15, 0.2) is 0 Å². The van der Waals surface area contributed by atoms with Crippen molar-refractivity contribution in [2.24, 2.45) is 11.8 Å². The fraction of sp³-hybridized carbons (Fsp3) is 0.767. The summed E-state index contributed by atoms with van der Waals surface area (Å²) in [4.78, 5) is 15.5. The maximum atomic E-state index is 13.5. The van der Waals surface area contributed by atoms with Gasteiger partial charge in [-0.15, -0.1) is 0 Å². The van der Waals surface area contributed by atoms with Crippen LogP contribution in [0.2, 0.25) is 0 Å². The number of hydrogen-bond acceptors (Lipinski definition) is 4. The molecular formula is C30H51N3O3. The molecule has 0 spiro atoms. The summed E-state index contributed by atoms with van der Waals surface area (Å²) in [6.07, 6.45) is 13.1. The summed E-state index contributed by atoms with van der Waals surface area (Å²) in [5.74, 6) is 1.04. The van der Waals surface area contributed by atoms with Gasteiger partial charge in [-0.25, -0.2) is 4.79 Å². The molecule has 204 valence electrons. The third-order valence-corrected chi connectivity index (χ3v) is 7.86. The molecule has 6 nitrogen and oxygen atoms in total. The van der Waals surface area contributed by atoms with Crippen molar-refractivity contribution >= 4 is 6.03 Å². The van der Waals surface area contributed by atoms with E-state index in [4.69, 9.17) is 9.47 Å². The highest BCUT2D eigenvalue weighted by Crippen LogP contribution is 2.33. The average Bonchev–Trinajstić information content (AvgIpc) is 2.92. The van der Waals surface area contributed by atoms with Gasteiger partial charge in [0.2, 0.25) is 0 Å². The van der Waals surface area contributed by atoms with Gasteiger partial charge in [-0.05, 0) is 50.1 Å². The third kappa shape index (κ3) is 10.0. The zero-order chi connectivity index (χ0) is 25.4. The minimum absolute atomic E-state index is 0.00685. The van der Waals surface area contributed by atoms with Crippen LogP contribution in [0.5, 0.6) is 0 Å². The van der Waals surface area contributed by atoms with Crippen molar-refractivity contribution in [3.8, 4) is 0 Å². The molecule has 2 N–H and O–H groups in total. The van der Waals surface area contributed by atoms with Crippen LogP contribution in [0, 0.1) is 11.8 Å². The van der Waals surface area contributed by atoms with Crippen molar-refractivity contribution < 1.29 is 14.3 Å². The van der Waals surface area contributed by atoms with Crippen LogP contribution in [-0.4, -0.2) is 63.5 Å². The summed E-state index contributed by atoms with van der Waals surface area (Å²) in [7, 11) is 1.73. The number of methoxy groups -OCH3 is 1. The molecule has 1 saturated heterocycles. The maximum Gasteiger partial charge on any atom is 0.317 e.